The van der Waals surface area contributed by atoms with E-state index in [0.29, 0.717) is 0 Å². The van der Waals surface area contributed by atoms with Crippen LogP contribution in [0.1, 0.15) is 0 Å². The Morgan fingerprint density at radius 3 is 1.25 bits per heavy atom. The van der Waals surface area contributed by atoms with Gasteiger partial charge in [-0.1, -0.05) is 0 Å². The molecule has 0 spiro atoms. The first-order valence-corrected chi connectivity index (χ1v) is 0.316. The van der Waals surface area contributed by atoms with E-state index in [9.17, 15) is 0 Å². The molecule has 0 aromatic carbocycles. The van der Waals surface area contributed by atoms with Crippen LogP contribution in [-0.4, -0.2) is 5.11 Å². The van der Waals surface area contributed by atoms with Crippen molar-refractivity contribution in [2.45, 2.75) is 0 Å². The molecule has 0 fully saturated rings. The Morgan fingerprint density at radius 2 is 1.25 bits per heavy atom. The summed E-state index contributed by atoms with van der Waals surface area (Å²) in [7, 11) is 2.25. The molecule has 0 saturated carbocycles. The largest absolute Gasteiger partial charge is 0.569 e. The molecule has 0 saturated heterocycles. The van der Waals surface area contributed by atoms with Gasteiger partial charge in [-0.2, -0.15) is 9.90 Å². The molecular formula is CH6OPY-. The SMILES string of the molecule is P.[CH2-]O.[Y]. The number of aliphatic hydroxyl groups is 1. The molecule has 0 aliphatic rings. The third-order valence-corrected chi connectivity index (χ3v) is 0. The fraction of sp³-hybridized carbons (Fsp3) is 0. The summed E-state index contributed by atoms with van der Waals surface area (Å²) >= 11 is 0. The molecule has 0 bridgehead atoms. The minimum Gasteiger partial charge on any atom is -0.569 e. The van der Waals surface area contributed by atoms with Crippen molar-refractivity contribution in [3.63, 3.8) is 0 Å². The van der Waals surface area contributed by atoms with E-state index in [1.165, 1.54) is 0 Å². The zero-order valence-corrected chi connectivity index (χ0v) is 6.69. The van der Waals surface area contributed by atoms with Gasteiger partial charge in [0.05, 0.1) is 0 Å². The number of hydrogen-bond donors (Lipinski definition) is 1. The molecule has 1 N–H and O–H groups in total. The number of rotatable bonds is 0. The monoisotopic (exact) mass is 154 g/mol. The smallest absolute Gasteiger partial charge is 0 e. The number of aliphatic hydroxyl groups excluding tert-OH is 1. The molecule has 0 aromatic rings. The summed E-state index contributed by atoms with van der Waals surface area (Å²) in [5, 5.41) is 6.75. The molecule has 1 atom stereocenters. The van der Waals surface area contributed by atoms with Gasteiger partial charge in [0.1, 0.15) is 0 Å². The van der Waals surface area contributed by atoms with Crippen LogP contribution in [0.5, 0.6) is 0 Å². The van der Waals surface area contributed by atoms with Gasteiger partial charge >= 0.3 is 0 Å². The van der Waals surface area contributed by atoms with Gasteiger partial charge in [0.2, 0.25) is 0 Å². The first-order chi connectivity index (χ1) is 1.00. The average molecular weight is 154 g/mol. The second-order valence-electron chi connectivity index (χ2n) is 0. The third-order valence-electron chi connectivity index (χ3n) is 0. The van der Waals surface area contributed by atoms with Crippen molar-refractivity contribution in [1.82, 2.24) is 0 Å². The third kappa shape index (κ3) is 9.74. The van der Waals surface area contributed by atoms with E-state index < -0.39 is 0 Å². The Kier molecular flexibility index (Phi) is 110. The van der Waals surface area contributed by atoms with Crippen molar-refractivity contribution in [2.24, 2.45) is 0 Å². The van der Waals surface area contributed by atoms with Crippen molar-refractivity contribution in [1.29, 1.82) is 0 Å². The fourth-order valence-corrected chi connectivity index (χ4v) is 0. The van der Waals surface area contributed by atoms with Crippen LogP contribution in [0.4, 0.5) is 0 Å². The quantitative estimate of drug-likeness (QED) is 0.390. The Labute approximate surface area is 54.7 Å². The van der Waals surface area contributed by atoms with E-state index in [0.717, 1.165) is 0 Å². The molecule has 1 radical (unpaired) electrons. The maximum atomic E-state index is 6.75. The van der Waals surface area contributed by atoms with Crippen molar-refractivity contribution >= 4 is 9.90 Å². The number of hydrogen-bond acceptors (Lipinski definition) is 1. The molecule has 1 nitrogen and oxygen atoms in total. The first kappa shape index (κ1) is 17.8. The second-order valence-corrected chi connectivity index (χ2v) is 0. The minimum absolute atomic E-state index is 0. The molecular weight excluding hydrogens is 148 g/mol. The van der Waals surface area contributed by atoms with Crippen LogP contribution in [-0.2, 0) is 32.7 Å². The van der Waals surface area contributed by atoms with Gasteiger partial charge in [0, 0.05) is 32.7 Å². The Balaban J connectivity index is -0.00000000500. The van der Waals surface area contributed by atoms with Crippen LogP contribution in [0.25, 0.3) is 0 Å². The van der Waals surface area contributed by atoms with E-state index in [4.69, 9.17) is 5.11 Å². The topological polar surface area (TPSA) is 20.2 Å². The van der Waals surface area contributed by atoms with Gasteiger partial charge in [0.25, 0.3) is 0 Å². The van der Waals surface area contributed by atoms with Crippen LogP contribution in [0.3, 0.4) is 0 Å². The van der Waals surface area contributed by atoms with Crippen LogP contribution in [0, 0.1) is 7.11 Å². The fourth-order valence-electron chi connectivity index (χ4n) is 0. The van der Waals surface area contributed by atoms with E-state index in [2.05, 4.69) is 7.11 Å². The summed E-state index contributed by atoms with van der Waals surface area (Å²) in [5.41, 5.74) is 0. The maximum Gasteiger partial charge on any atom is 0 e. The molecule has 0 heterocycles. The van der Waals surface area contributed by atoms with E-state index >= 15 is 0 Å². The Bertz CT molecular complexity index is 8.00. The van der Waals surface area contributed by atoms with E-state index in [1.54, 1.807) is 0 Å². The van der Waals surface area contributed by atoms with Crippen LogP contribution >= 0.6 is 9.90 Å². The molecule has 0 aromatic heterocycles. The summed E-state index contributed by atoms with van der Waals surface area (Å²) in [6, 6.07) is 0. The van der Waals surface area contributed by atoms with E-state index in [1.807, 2.05) is 0 Å². The van der Waals surface area contributed by atoms with Gasteiger partial charge in [-0.05, 0) is 0 Å². The van der Waals surface area contributed by atoms with Gasteiger partial charge in [-0.25, -0.2) is 7.11 Å². The summed E-state index contributed by atoms with van der Waals surface area (Å²) < 4.78 is 0. The molecule has 4 heavy (non-hydrogen) atoms. The molecule has 0 rings (SSSR count). The summed E-state index contributed by atoms with van der Waals surface area (Å²) in [6.45, 7) is 0. The molecule has 3 heteroatoms. The van der Waals surface area contributed by atoms with Crippen LogP contribution in [0.15, 0.2) is 0 Å². The average Bonchev–Trinajstić information content (AvgIpc) is 1.00. The summed E-state index contributed by atoms with van der Waals surface area (Å²) in [4.78, 5) is 0. The maximum absolute atomic E-state index is 6.75. The van der Waals surface area contributed by atoms with Gasteiger partial charge in [-0.15, -0.1) is 0 Å². The molecule has 1 unspecified atom stereocenters. The predicted octanol–water partition coefficient (Wildman–Crippen LogP) is 0.206. The van der Waals surface area contributed by atoms with Crippen LogP contribution < -0.4 is 0 Å². The van der Waals surface area contributed by atoms with Crippen molar-refractivity contribution < 1.29 is 37.8 Å². The molecule has 0 amide bonds. The van der Waals surface area contributed by atoms with Crippen molar-refractivity contribution in [3.8, 4) is 0 Å². The van der Waals surface area contributed by atoms with E-state index in [-0.39, 0.29) is 42.6 Å². The molecule has 25 valence electrons. The summed E-state index contributed by atoms with van der Waals surface area (Å²) in [6.07, 6.45) is 0. The first-order valence-electron chi connectivity index (χ1n) is 0.316. The Hall–Kier alpha value is 1.49. The van der Waals surface area contributed by atoms with Gasteiger partial charge in [0.15, 0.2) is 0 Å². The minimum atomic E-state index is 0. The van der Waals surface area contributed by atoms with Crippen molar-refractivity contribution in [3.05, 3.63) is 7.11 Å². The van der Waals surface area contributed by atoms with Gasteiger partial charge in [-0.3, -0.25) is 0 Å². The summed E-state index contributed by atoms with van der Waals surface area (Å²) in [5.74, 6) is 0. The zero-order valence-electron chi connectivity index (χ0n) is 2.44. The molecule has 0 aliphatic carbocycles. The predicted molar refractivity (Wildman–Crippen MR) is 18.4 cm³/mol. The van der Waals surface area contributed by atoms with Gasteiger partial charge < -0.3 is 5.11 Å². The standard InChI is InChI=1S/CH3O.H3P.Y/c1-2;;/h2H,1H2;1H3;/q-1;;. The zero-order chi connectivity index (χ0) is 2.00. The van der Waals surface area contributed by atoms with Crippen molar-refractivity contribution in [2.75, 3.05) is 0 Å². The van der Waals surface area contributed by atoms with Crippen LogP contribution in [0.2, 0.25) is 0 Å². The molecule has 0 aliphatic heterocycles. The Morgan fingerprint density at radius 1 is 1.25 bits per heavy atom. The second kappa shape index (κ2) is 24.6. The normalized spacial score (nSPS) is 1.50.